The van der Waals surface area contributed by atoms with Gasteiger partial charge in [0.15, 0.2) is 0 Å². The maximum atomic E-state index is 11.5. The van der Waals surface area contributed by atoms with Crippen molar-refractivity contribution in [3.63, 3.8) is 0 Å². The summed E-state index contributed by atoms with van der Waals surface area (Å²) >= 11 is 6.02. The minimum Gasteiger partial charge on any atom is -0.313 e. The van der Waals surface area contributed by atoms with E-state index in [0.29, 0.717) is 11.4 Å². The van der Waals surface area contributed by atoms with E-state index < -0.39 is 9.84 Å². The molecule has 19 heavy (non-hydrogen) atoms. The Kier molecular flexibility index (Phi) is 6.30. The second kappa shape index (κ2) is 7.27. The second-order valence-corrected chi connectivity index (χ2v) is 7.63. The molecular formula is C14H22ClNO2S. The van der Waals surface area contributed by atoms with Crippen molar-refractivity contribution < 1.29 is 8.42 Å². The standard InChI is InChI=1S/C14H22ClNO2S/c1-4-19(17,18)9-5-6-14(16-3)13-10-12(15)8-7-11(13)2/h7-8,10,14,16H,4-6,9H2,1-3H3. The minimum absolute atomic E-state index is 0.144. The summed E-state index contributed by atoms with van der Waals surface area (Å²) < 4.78 is 23.0. The van der Waals surface area contributed by atoms with Gasteiger partial charge in [-0.05, 0) is 50.1 Å². The first-order valence-electron chi connectivity index (χ1n) is 6.53. The van der Waals surface area contributed by atoms with Crippen LogP contribution in [0.4, 0.5) is 0 Å². The van der Waals surface area contributed by atoms with Crippen LogP contribution in [0.3, 0.4) is 0 Å². The van der Waals surface area contributed by atoms with Crippen molar-refractivity contribution in [3.8, 4) is 0 Å². The molecule has 0 radical (unpaired) electrons. The third-order valence-electron chi connectivity index (χ3n) is 3.35. The summed E-state index contributed by atoms with van der Waals surface area (Å²) in [4.78, 5) is 0. The highest BCUT2D eigenvalue weighted by atomic mass is 35.5. The molecule has 1 unspecified atom stereocenters. The Bertz CT molecular complexity index is 514. The van der Waals surface area contributed by atoms with Crippen LogP contribution in [0, 0.1) is 6.92 Å². The smallest absolute Gasteiger partial charge is 0.150 e. The predicted octanol–water partition coefficient (Wildman–Crippen LogP) is 3.12. The van der Waals surface area contributed by atoms with Crippen molar-refractivity contribution in [3.05, 3.63) is 34.3 Å². The SMILES string of the molecule is CCS(=O)(=O)CCCC(NC)c1cc(Cl)ccc1C. The number of halogens is 1. The lowest BCUT2D eigenvalue weighted by Crippen LogP contribution is -2.19. The van der Waals surface area contributed by atoms with E-state index in [1.54, 1.807) is 6.92 Å². The van der Waals surface area contributed by atoms with E-state index in [1.165, 1.54) is 5.56 Å². The fourth-order valence-electron chi connectivity index (χ4n) is 2.09. The van der Waals surface area contributed by atoms with Gasteiger partial charge in [-0.3, -0.25) is 0 Å². The zero-order valence-electron chi connectivity index (χ0n) is 11.7. The van der Waals surface area contributed by atoms with E-state index in [4.69, 9.17) is 11.6 Å². The molecule has 0 aliphatic rings. The zero-order valence-corrected chi connectivity index (χ0v) is 13.3. The van der Waals surface area contributed by atoms with Crippen LogP contribution in [0.15, 0.2) is 18.2 Å². The number of nitrogens with one attached hydrogen (secondary N) is 1. The molecule has 0 amide bonds. The Labute approximate surface area is 121 Å². The summed E-state index contributed by atoms with van der Waals surface area (Å²) in [5.74, 6) is 0.467. The number of aryl methyl sites for hydroxylation is 1. The summed E-state index contributed by atoms with van der Waals surface area (Å²) in [5, 5.41) is 3.95. The zero-order chi connectivity index (χ0) is 14.5. The summed E-state index contributed by atoms with van der Waals surface area (Å²) in [6.45, 7) is 3.73. The van der Waals surface area contributed by atoms with Crippen LogP contribution in [-0.4, -0.2) is 27.0 Å². The Balaban J connectivity index is 2.71. The molecule has 1 rings (SSSR count). The van der Waals surface area contributed by atoms with Crippen LogP contribution in [0.25, 0.3) is 0 Å². The molecule has 0 saturated carbocycles. The molecule has 0 aromatic heterocycles. The van der Waals surface area contributed by atoms with E-state index in [-0.39, 0.29) is 17.5 Å². The largest absolute Gasteiger partial charge is 0.313 e. The van der Waals surface area contributed by atoms with Gasteiger partial charge in [0.2, 0.25) is 0 Å². The van der Waals surface area contributed by atoms with Gasteiger partial charge in [-0.15, -0.1) is 0 Å². The maximum Gasteiger partial charge on any atom is 0.150 e. The fraction of sp³-hybridized carbons (Fsp3) is 0.571. The first kappa shape index (κ1) is 16.5. The van der Waals surface area contributed by atoms with E-state index in [0.717, 1.165) is 12.0 Å². The van der Waals surface area contributed by atoms with Gasteiger partial charge in [-0.25, -0.2) is 8.42 Å². The molecular weight excluding hydrogens is 282 g/mol. The van der Waals surface area contributed by atoms with Crippen LogP contribution < -0.4 is 5.32 Å². The third-order valence-corrected chi connectivity index (χ3v) is 5.38. The molecule has 0 spiro atoms. The molecule has 1 atom stereocenters. The van der Waals surface area contributed by atoms with Crippen molar-refractivity contribution in [2.45, 2.75) is 32.7 Å². The van der Waals surface area contributed by atoms with E-state index in [9.17, 15) is 8.42 Å². The van der Waals surface area contributed by atoms with Gasteiger partial charge >= 0.3 is 0 Å². The molecule has 0 fully saturated rings. The number of sulfone groups is 1. The summed E-state index contributed by atoms with van der Waals surface area (Å²) in [6, 6.07) is 5.96. The second-order valence-electron chi connectivity index (χ2n) is 4.72. The number of hydrogen-bond acceptors (Lipinski definition) is 3. The lowest BCUT2D eigenvalue weighted by Gasteiger charge is -2.19. The average Bonchev–Trinajstić information content (AvgIpc) is 2.38. The van der Waals surface area contributed by atoms with E-state index in [2.05, 4.69) is 5.32 Å². The Morgan fingerprint density at radius 3 is 2.63 bits per heavy atom. The highest BCUT2D eigenvalue weighted by Gasteiger charge is 2.14. The van der Waals surface area contributed by atoms with Crippen LogP contribution in [0.1, 0.15) is 36.9 Å². The van der Waals surface area contributed by atoms with Gasteiger partial charge in [0.05, 0.1) is 5.75 Å². The van der Waals surface area contributed by atoms with E-state index >= 15 is 0 Å². The Morgan fingerprint density at radius 2 is 2.05 bits per heavy atom. The van der Waals surface area contributed by atoms with Crippen LogP contribution >= 0.6 is 11.6 Å². The van der Waals surface area contributed by atoms with Gasteiger partial charge in [0.1, 0.15) is 9.84 Å². The van der Waals surface area contributed by atoms with Crippen LogP contribution in [0.2, 0.25) is 5.02 Å². The summed E-state index contributed by atoms with van der Waals surface area (Å²) in [6.07, 6.45) is 1.45. The highest BCUT2D eigenvalue weighted by Crippen LogP contribution is 2.25. The minimum atomic E-state index is -2.88. The van der Waals surface area contributed by atoms with Crippen molar-refractivity contribution >= 4 is 21.4 Å². The van der Waals surface area contributed by atoms with E-state index in [1.807, 2.05) is 32.2 Å². The molecule has 0 bridgehead atoms. The molecule has 3 nitrogen and oxygen atoms in total. The Morgan fingerprint density at radius 1 is 1.37 bits per heavy atom. The molecule has 0 saturated heterocycles. The van der Waals surface area contributed by atoms with Crippen molar-refractivity contribution in [1.82, 2.24) is 5.32 Å². The number of rotatable bonds is 7. The normalized spacial score (nSPS) is 13.5. The predicted molar refractivity (Wildman–Crippen MR) is 81.6 cm³/mol. The molecule has 1 N–H and O–H groups in total. The van der Waals surface area contributed by atoms with Gasteiger partial charge in [0, 0.05) is 16.8 Å². The number of benzene rings is 1. The monoisotopic (exact) mass is 303 g/mol. The van der Waals surface area contributed by atoms with Crippen LogP contribution in [0.5, 0.6) is 0 Å². The van der Waals surface area contributed by atoms with Gasteiger partial charge < -0.3 is 5.32 Å². The lowest BCUT2D eigenvalue weighted by molar-refractivity contribution is 0.533. The fourth-order valence-corrected chi connectivity index (χ4v) is 3.17. The molecule has 108 valence electrons. The quantitative estimate of drug-likeness (QED) is 0.842. The highest BCUT2D eigenvalue weighted by molar-refractivity contribution is 7.91. The van der Waals surface area contributed by atoms with Crippen molar-refractivity contribution in [2.24, 2.45) is 0 Å². The van der Waals surface area contributed by atoms with Gasteiger partial charge in [0.25, 0.3) is 0 Å². The summed E-state index contributed by atoms with van der Waals surface area (Å²) in [5.41, 5.74) is 2.31. The molecule has 0 aliphatic heterocycles. The first-order valence-corrected chi connectivity index (χ1v) is 8.73. The Hall–Kier alpha value is -0.580. The topological polar surface area (TPSA) is 46.2 Å². The first-order chi connectivity index (χ1) is 8.89. The third kappa shape index (κ3) is 5.13. The molecule has 5 heteroatoms. The average molecular weight is 304 g/mol. The maximum absolute atomic E-state index is 11.5. The van der Waals surface area contributed by atoms with Gasteiger partial charge in [-0.2, -0.15) is 0 Å². The molecule has 1 aromatic rings. The molecule has 0 aliphatic carbocycles. The van der Waals surface area contributed by atoms with Crippen molar-refractivity contribution in [1.29, 1.82) is 0 Å². The summed E-state index contributed by atoms with van der Waals surface area (Å²) in [7, 11) is -0.989. The lowest BCUT2D eigenvalue weighted by atomic mass is 9.98. The number of hydrogen-bond donors (Lipinski definition) is 1. The molecule has 0 heterocycles. The van der Waals surface area contributed by atoms with Crippen LogP contribution in [-0.2, 0) is 9.84 Å². The van der Waals surface area contributed by atoms with Gasteiger partial charge in [-0.1, -0.05) is 24.6 Å². The van der Waals surface area contributed by atoms with Crippen molar-refractivity contribution in [2.75, 3.05) is 18.6 Å². The molecule has 1 aromatic carbocycles.